The van der Waals surface area contributed by atoms with Crippen molar-refractivity contribution in [3.8, 4) is 12.3 Å². The van der Waals surface area contributed by atoms with E-state index in [0.29, 0.717) is 25.2 Å². The summed E-state index contributed by atoms with van der Waals surface area (Å²) in [5.74, 6) is 2.11. The van der Waals surface area contributed by atoms with Gasteiger partial charge in [-0.15, -0.1) is 6.42 Å². The highest BCUT2D eigenvalue weighted by Gasteiger charge is 2.22. The third-order valence-electron chi connectivity index (χ3n) is 4.28. The summed E-state index contributed by atoms with van der Waals surface area (Å²) in [7, 11) is 0. The maximum absolute atomic E-state index is 13.8. The number of allylic oxidation sites excluding steroid dienone is 3. The number of nitrogens with two attached hydrogens (primary N) is 1. The van der Waals surface area contributed by atoms with Gasteiger partial charge in [0.05, 0.1) is 6.33 Å². The number of halogens is 2. The molecule has 0 bridgehead atoms. The van der Waals surface area contributed by atoms with Crippen LogP contribution in [0.1, 0.15) is 43.7 Å². The number of hydrogen-bond donors (Lipinski definition) is 1. The van der Waals surface area contributed by atoms with Crippen LogP contribution in [0.15, 0.2) is 42.8 Å². The van der Waals surface area contributed by atoms with Crippen LogP contribution < -0.4 is 5.73 Å². The lowest BCUT2D eigenvalue weighted by atomic mass is 9.80. The first-order valence-electron chi connectivity index (χ1n) is 8.41. The van der Waals surface area contributed by atoms with Crippen molar-refractivity contribution in [2.75, 3.05) is 6.54 Å². The van der Waals surface area contributed by atoms with E-state index in [1.54, 1.807) is 0 Å². The van der Waals surface area contributed by atoms with Gasteiger partial charge in [-0.05, 0) is 68.0 Å². The van der Waals surface area contributed by atoms with Gasteiger partial charge < -0.3 is 5.73 Å². The van der Waals surface area contributed by atoms with Gasteiger partial charge in [-0.3, -0.25) is 0 Å². The summed E-state index contributed by atoms with van der Waals surface area (Å²) in [6.07, 6.45) is 13.9. The molecule has 2 N–H and O–H groups in total. The lowest BCUT2D eigenvalue weighted by Crippen LogP contribution is -2.16. The molecule has 0 heterocycles. The van der Waals surface area contributed by atoms with E-state index < -0.39 is 5.92 Å². The zero-order valence-corrected chi connectivity index (χ0v) is 14.5. The standard InChI is InChI=1S/C21H27F2N/c1-4-6-16(3)7-8-18-9-10-19(23)15-21(18)20(12-14-24)17(5-2)11-13-22/h2,4,6,9-11,13,15-17,20H,7-8,12,14,24H2,1,3H3/b6-4-,13-11+. The predicted molar refractivity (Wildman–Crippen MR) is 97.7 cm³/mol. The van der Waals surface area contributed by atoms with Gasteiger partial charge in [-0.1, -0.05) is 31.1 Å². The van der Waals surface area contributed by atoms with Gasteiger partial charge >= 0.3 is 0 Å². The van der Waals surface area contributed by atoms with Gasteiger partial charge in [0.2, 0.25) is 0 Å². The van der Waals surface area contributed by atoms with E-state index in [9.17, 15) is 8.78 Å². The molecule has 0 aliphatic rings. The Morgan fingerprint density at radius 2 is 2.04 bits per heavy atom. The molecule has 1 aromatic rings. The van der Waals surface area contributed by atoms with Crippen LogP contribution in [0.25, 0.3) is 0 Å². The van der Waals surface area contributed by atoms with Crippen LogP contribution in [-0.4, -0.2) is 6.54 Å². The Kier molecular flexibility index (Phi) is 9.04. The van der Waals surface area contributed by atoms with Crippen LogP contribution in [0.4, 0.5) is 8.78 Å². The molecule has 1 nitrogen and oxygen atoms in total. The van der Waals surface area contributed by atoms with Crippen molar-refractivity contribution in [3.05, 3.63) is 59.7 Å². The second kappa shape index (κ2) is 10.8. The molecule has 1 rings (SSSR count). The molecule has 0 aliphatic carbocycles. The summed E-state index contributed by atoms with van der Waals surface area (Å²) < 4.78 is 26.5. The fourth-order valence-corrected chi connectivity index (χ4v) is 3.04. The first-order chi connectivity index (χ1) is 11.6. The van der Waals surface area contributed by atoms with Crippen molar-refractivity contribution in [3.63, 3.8) is 0 Å². The molecule has 3 unspecified atom stereocenters. The molecule has 0 fully saturated rings. The average molecular weight is 331 g/mol. The molecule has 1 aromatic carbocycles. The largest absolute Gasteiger partial charge is 0.330 e. The Balaban J connectivity index is 3.16. The second-order valence-electron chi connectivity index (χ2n) is 6.08. The van der Waals surface area contributed by atoms with E-state index in [1.807, 2.05) is 19.1 Å². The molecule has 24 heavy (non-hydrogen) atoms. The van der Waals surface area contributed by atoms with Gasteiger partial charge in [0.1, 0.15) is 5.82 Å². The van der Waals surface area contributed by atoms with Gasteiger partial charge in [0.15, 0.2) is 0 Å². The maximum atomic E-state index is 13.8. The number of rotatable bonds is 9. The highest BCUT2D eigenvalue weighted by molar-refractivity contribution is 5.34. The zero-order valence-electron chi connectivity index (χ0n) is 14.5. The molecule has 130 valence electrons. The molecular formula is C21H27F2N. The smallest absolute Gasteiger partial charge is 0.123 e. The minimum Gasteiger partial charge on any atom is -0.330 e. The molecular weight excluding hydrogens is 304 g/mol. The maximum Gasteiger partial charge on any atom is 0.123 e. The molecule has 3 atom stereocenters. The van der Waals surface area contributed by atoms with Crippen molar-refractivity contribution in [1.82, 2.24) is 0 Å². The van der Waals surface area contributed by atoms with Crippen molar-refractivity contribution < 1.29 is 8.78 Å². The fraction of sp³-hybridized carbons (Fsp3) is 0.429. The Labute approximate surface area is 144 Å². The van der Waals surface area contributed by atoms with Crippen molar-refractivity contribution in [2.24, 2.45) is 17.6 Å². The Morgan fingerprint density at radius 1 is 1.29 bits per heavy atom. The van der Waals surface area contributed by atoms with Crippen LogP contribution in [0.2, 0.25) is 0 Å². The Morgan fingerprint density at radius 3 is 2.62 bits per heavy atom. The first-order valence-corrected chi connectivity index (χ1v) is 8.41. The third kappa shape index (κ3) is 5.94. The predicted octanol–water partition coefficient (Wildman–Crippen LogP) is 5.14. The monoisotopic (exact) mass is 331 g/mol. The van der Waals surface area contributed by atoms with Crippen molar-refractivity contribution in [1.29, 1.82) is 0 Å². The molecule has 0 aliphatic heterocycles. The summed E-state index contributed by atoms with van der Waals surface area (Å²) in [6, 6.07) is 4.80. The normalized spacial score (nSPS) is 15.5. The first kappa shape index (κ1) is 20.1. The lowest BCUT2D eigenvalue weighted by Gasteiger charge is -2.24. The Bertz CT molecular complexity index is 598. The van der Waals surface area contributed by atoms with E-state index >= 15 is 0 Å². The molecule has 0 spiro atoms. The van der Waals surface area contributed by atoms with E-state index in [2.05, 4.69) is 18.9 Å². The summed E-state index contributed by atoms with van der Waals surface area (Å²) >= 11 is 0. The molecule has 0 saturated carbocycles. The minimum atomic E-state index is -0.438. The summed E-state index contributed by atoms with van der Waals surface area (Å²) in [6.45, 7) is 4.56. The number of hydrogen-bond acceptors (Lipinski definition) is 1. The Hall–Kier alpha value is -1.92. The van der Waals surface area contributed by atoms with Gasteiger partial charge in [0.25, 0.3) is 0 Å². The van der Waals surface area contributed by atoms with Crippen LogP contribution in [0, 0.1) is 30.0 Å². The minimum absolute atomic E-state index is 0.185. The van der Waals surface area contributed by atoms with E-state index in [1.165, 1.54) is 18.2 Å². The molecule has 3 heteroatoms. The van der Waals surface area contributed by atoms with Gasteiger partial charge in [0, 0.05) is 11.8 Å². The average Bonchev–Trinajstić information content (AvgIpc) is 2.57. The highest BCUT2D eigenvalue weighted by atomic mass is 19.1. The van der Waals surface area contributed by atoms with Crippen LogP contribution in [0.3, 0.4) is 0 Å². The second-order valence-corrected chi connectivity index (χ2v) is 6.08. The topological polar surface area (TPSA) is 26.0 Å². The quantitative estimate of drug-likeness (QED) is 0.492. The number of terminal acetylenes is 1. The molecule has 0 aromatic heterocycles. The van der Waals surface area contributed by atoms with E-state index in [0.717, 1.165) is 24.0 Å². The lowest BCUT2D eigenvalue weighted by molar-refractivity contribution is 0.541. The van der Waals surface area contributed by atoms with Crippen LogP contribution >= 0.6 is 0 Å². The summed E-state index contributed by atoms with van der Waals surface area (Å²) in [5, 5.41) is 0. The molecule has 0 radical (unpaired) electrons. The zero-order chi connectivity index (χ0) is 17.9. The number of aryl methyl sites for hydroxylation is 1. The third-order valence-corrected chi connectivity index (χ3v) is 4.28. The van der Waals surface area contributed by atoms with Crippen molar-refractivity contribution in [2.45, 2.75) is 39.0 Å². The summed E-state index contributed by atoms with van der Waals surface area (Å²) in [5.41, 5.74) is 7.61. The van der Waals surface area contributed by atoms with Crippen LogP contribution in [0.5, 0.6) is 0 Å². The van der Waals surface area contributed by atoms with Crippen LogP contribution in [-0.2, 0) is 6.42 Å². The SMILES string of the molecule is C#CC(/C=C/F)C(CCN)c1cc(F)ccc1CCC(C)/C=C\C. The van der Waals surface area contributed by atoms with Crippen molar-refractivity contribution >= 4 is 0 Å². The fourth-order valence-electron chi connectivity index (χ4n) is 3.04. The van der Waals surface area contributed by atoms with Gasteiger partial charge in [-0.25, -0.2) is 8.78 Å². The van der Waals surface area contributed by atoms with E-state index in [4.69, 9.17) is 12.2 Å². The molecule has 0 saturated heterocycles. The molecule has 0 amide bonds. The number of benzene rings is 1. The summed E-state index contributed by atoms with van der Waals surface area (Å²) in [4.78, 5) is 0. The van der Waals surface area contributed by atoms with E-state index in [-0.39, 0.29) is 11.7 Å². The van der Waals surface area contributed by atoms with Gasteiger partial charge in [-0.2, -0.15) is 0 Å². The highest BCUT2D eigenvalue weighted by Crippen LogP contribution is 2.33.